The summed E-state index contributed by atoms with van der Waals surface area (Å²) in [6.45, 7) is 14.3. The van der Waals surface area contributed by atoms with Gasteiger partial charge in [-0.25, -0.2) is 4.79 Å². The van der Waals surface area contributed by atoms with E-state index in [9.17, 15) is 53.4 Å². The topological polar surface area (TPSA) is 301 Å². The minimum Gasteiger partial charge on any atom is -0.481 e. The number of aliphatic hydroxyl groups is 2. The number of allylic oxidation sites excluding steroid dienone is 2. The van der Waals surface area contributed by atoms with Crippen molar-refractivity contribution in [1.82, 2.24) is 15.0 Å². The fourth-order valence-electron chi connectivity index (χ4n) is 25.6. The van der Waals surface area contributed by atoms with Crippen LogP contribution in [-0.4, -0.2) is 128 Å². The molecule has 0 bridgehead atoms. The first-order chi connectivity index (χ1) is 56.2. The molecule has 3 aromatic rings. The van der Waals surface area contributed by atoms with Crippen molar-refractivity contribution in [2.45, 2.75) is 251 Å². The third-order valence-electron chi connectivity index (χ3n) is 30.4. The number of aromatic nitrogens is 3. The Hall–Kier alpha value is -5.07. The van der Waals surface area contributed by atoms with Crippen molar-refractivity contribution in [2.75, 3.05) is 19.8 Å². The van der Waals surface area contributed by atoms with Gasteiger partial charge in [-0.3, -0.25) is 43.5 Å². The number of ether oxygens (including phenoxy) is 5. The first-order valence-corrected chi connectivity index (χ1v) is 48.5. The SMILES string of the molecule is CCOP(=O)(Cc1ccc(Br)cn1)OCC.C[C@H]1OC(=O)[C@@H]2C[C@@H]3CCCC[C@H]3[C@H](/C=C/c3ccc(Br)cn3)[C@H]12.C[C@H]1OC(=O)[C@@H]2C[C@@H]3CCCC[C@H]3[C@H](C(=O)O)[C@H]12.C[C@H]1OC(=O)[C@@H]2C[C@@H]3CCCC[C@H]3[C@H](C=O)[C@H]12.C[C@H]1OC(=O)[C@@H]2C[C@@H]3CCCC[C@H]3[C@H](CO)[C@H]12.C[C@H]1OC(=O)[C@]2(O)C[C@@H]3CCCC[C@H]3[C@H](/C=C/c3ccc(Br)cn3)[C@H]12. The zero-order valence-corrected chi connectivity index (χ0v) is 74.9. The normalized spacial score (nSPS) is 39.8. The molecule has 30 atom stereocenters. The highest BCUT2D eigenvalue weighted by atomic mass is 79.9. The summed E-state index contributed by atoms with van der Waals surface area (Å²) in [5.41, 5.74) is 1.25. The predicted octanol–water partition coefficient (Wildman–Crippen LogP) is 18.7. The molecule has 642 valence electrons. The number of esters is 5. The first-order valence-electron chi connectivity index (χ1n) is 44.4. The summed E-state index contributed by atoms with van der Waals surface area (Å²) >= 11 is 10.1. The largest absolute Gasteiger partial charge is 0.481 e. The Morgan fingerprint density at radius 2 is 0.880 bits per heavy atom. The van der Waals surface area contributed by atoms with Crippen molar-refractivity contribution >= 4 is 110 Å². The number of carboxylic acids is 1. The highest BCUT2D eigenvalue weighted by Crippen LogP contribution is 2.60. The molecule has 8 heterocycles. The van der Waals surface area contributed by atoms with Gasteiger partial charge in [0.1, 0.15) is 36.8 Å². The molecule has 3 aromatic heterocycles. The quantitative estimate of drug-likeness (QED) is 0.0620. The number of hydrogen-bond donors (Lipinski definition) is 3. The molecular formula is C92H125Br3N3O18P. The van der Waals surface area contributed by atoms with Gasteiger partial charge in [-0.2, -0.15) is 0 Å². The number of carboxylic acid groups (broad SMARTS) is 1. The Morgan fingerprint density at radius 3 is 1.33 bits per heavy atom. The van der Waals surface area contributed by atoms with Crippen molar-refractivity contribution in [2.24, 2.45) is 142 Å². The average Bonchev–Trinajstić information content (AvgIpc) is 1.61. The summed E-state index contributed by atoms with van der Waals surface area (Å²) < 4.78 is 52.5. The lowest BCUT2D eigenvalue weighted by Crippen LogP contribution is -2.54. The van der Waals surface area contributed by atoms with Crippen molar-refractivity contribution < 1.29 is 86.2 Å². The number of carbonyl (C=O) groups excluding carboxylic acids is 6. The molecule has 3 N–H and O–H groups in total. The predicted molar refractivity (Wildman–Crippen MR) is 451 cm³/mol. The van der Waals surface area contributed by atoms with Gasteiger partial charge in [-0.1, -0.05) is 108 Å². The Kier molecular flexibility index (Phi) is 30.7. The molecule has 0 spiro atoms. The maximum atomic E-state index is 12.4. The van der Waals surface area contributed by atoms with Gasteiger partial charge < -0.3 is 52.8 Å². The van der Waals surface area contributed by atoms with Gasteiger partial charge in [0.15, 0.2) is 5.60 Å². The summed E-state index contributed by atoms with van der Waals surface area (Å²) in [7, 11) is -3.03. The minimum atomic E-state index is -3.03. The second kappa shape index (κ2) is 40.1. The zero-order valence-electron chi connectivity index (χ0n) is 69.2. The van der Waals surface area contributed by atoms with Crippen LogP contribution < -0.4 is 0 Å². The summed E-state index contributed by atoms with van der Waals surface area (Å²) in [5.74, 6) is 5.07. The molecule has 15 aliphatic rings. The van der Waals surface area contributed by atoms with E-state index in [-0.39, 0.29) is 138 Å². The summed E-state index contributed by atoms with van der Waals surface area (Å²) in [5, 5.41) is 30.4. The fraction of sp³-hybridized carbons (Fsp3) is 0.717. The molecule has 15 fully saturated rings. The van der Waals surface area contributed by atoms with E-state index in [1.54, 1.807) is 32.3 Å². The number of aliphatic hydroxyl groups excluding tert-OH is 1. The van der Waals surface area contributed by atoms with Crippen molar-refractivity contribution in [1.29, 1.82) is 0 Å². The lowest BCUT2D eigenvalue weighted by atomic mass is 9.56. The highest BCUT2D eigenvalue weighted by Gasteiger charge is 2.64. The number of carbonyl (C=O) groups is 7. The van der Waals surface area contributed by atoms with Gasteiger partial charge in [0, 0.05) is 74.1 Å². The molecule has 117 heavy (non-hydrogen) atoms. The van der Waals surface area contributed by atoms with Crippen molar-refractivity contribution in [3.8, 4) is 0 Å². The Morgan fingerprint density at radius 1 is 0.496 bits per heavy atom. The van der Waals surface area contributed by atoms with Crippen LogP contribution in [-0.2, 0) is 77.0 Å². The molecule has 0 radical (unpaired) electrons. The smallest absolute Gasteiger partial charge is 0.338 e. The van der Waals surface area contributed by atoms with Crippen LogP contribution >= 0.6 is 55.4 Å². The van der Waals surface area contributed by atoms with Crippen LogP contribution in [0.15, 0.2) is 80.6 Å². The fourth-order valence-corrected chi connectivity index (χ4v) is 28.0. The molecule has 5 aliphatic heterocycles. The average molecular weight is 1830 g/mol. The number of hydrogen-bond acceptors (Lipinski definition) is 20. The molecule has 0 aromatic carbocycles. The second-order valence-corrected chi connectivity index (χ2v) is 41.5. The number of pyridine rings is 3. The van der Waals surface area contributed by atoms with Crippen LogP contribution in [0.25, 0.3) is 12.2 Å². The van der Waals surface area contributed by atoms with E-state index in [0.717, 1.165) is 88.9 Å². The standard InChI is InChI=1S/C20H24BrNO3.C20H24BrNO2.C14H20O4.C14H22O3.C14H20O3.C10H15BrNO3P/c1-12-18-17(9-8-15-7-6-14(21)11-22-15)16-5-3-2-4-13(16)10-20(18,24)19(23)25-12;1-12-19-17(9-8-15-7-6-14(21)11-22-15)16-5-3-2-4-13(16)10-18(19)20(23)24-12;1-7-11-10(14(17)18-7)6-8-4-2-3-5-9(8)12(11)13(15)16;2*1-8-13-11(14(16)17-8)6-9-4-2-3-5-10(9)12(13)7-15;1-3-14-16(13,15-4-2)8-10-6-5-9(11)7-12-10/h6-9,11-13,16-18,24H,2-5,10H2,1H3;6-9,11-13,16-19H,2-5,10H2,1H3;7-12H,2-6H2,1H3,(H,15,16);8-13,15H,2-7H2,1H3;7-13H,2-6H2,1H3;5-7H,3-4,8H2,1-2H3/b2*9-8+;;;;/t12-,13+,16-,17+,18+,20+;12-,13+,16-,17+,18-,19+;7-,8+,9-,10-,11-,12+;2*8-,9+,10-,11-,12+,13-;/m11111./s1. The maximum Gasteiger partial charge on any atom is 0.338 e. The van der Waals surface area contributed by atoms with Gasteiger partial charge in [-0.05, 0) is 286 Å². The van der Waals surface area contributed by atoms with Gasteiger partial charge in [0.2, 0.25) is 0 Å². The van der Waals surface area contributed by atoms with E-state index >= 15 is 0 Å². The molecule has 18 rings (SSSR count). The van der Waals surface area contributed by atoms with E-state index in [1.807, 2.05) is 70.3 Å². The molecule has 21 nitrogen and oxygen atoms in total. The number of cyclic esters (lactones) is 5. The van der Waals surface area contributed by atoms with Crippen LogP contribution in [0, 0.1) is 142 Å². The van der Waals surface area contributed by atoms with Crippen LogP contribution in [0.5, 0.6) is 0 Å². The van der Waals surface area contributed by atoms with Crippen molar-refractivity contribution in [3.63, 3.8) is 0 Å². The number of fused-ring (bicyclic) bond motifs is 10. The Bertz CT molecular complexity index is 4010. The third-order valence-corrected chi connectivity index (χ3v) is 33.8. The van der Waals surface area contributed by atoms with Gasteiger partial charge >= 0.3 is 43.4 Å². The summed E-state index contributed by atoms with van der Waals surface area (Å²) in [6.07, 6.45) is 43.4. The van der Waals surface area contributed by atoms with E-state index in [4.69, 9.17) is 32.7 Å². The molecule has 25 heteroatoms. The van der Waals surface area contributed by atoms with E-state index in [1.165, 1.54) is 96.3 Å². The van der Waals surface area contributed by atoms with Crippen LogP contribution in [0.3, 0.4) is 0 Å². The number of halogens is 3. The number of rotatable bonds is 13. The van der Waals surface area contributed by atoms with E-state index in [2.05, 4.69) is 87.9 Å². The Labute approximate surface area is 716 Å². The van der Waals surface area contributed by atoms with Crippen LogP contribution in [0.4, 0.5) is 0 Å². The summed E-state index contributed by atoms with van der Waals surface area (Å²) in [6, 6.07) is 11.6. The van der Waals surface area contributed by atoms with Crippen LogP contribution in [0.2, 0.25) is 0 Å². The number of aliphatic carboxylic acids is 1. The molecule has 0 amide bonds. The van der Waals surface area contributed by atoms with Gasteiger partial charge in [0.05, 0.1) is 66.0 Å². The molecule has 5 saturated heterocycles. The van der Waals surface area contributed by atoms with E-state index < -0.39 is 25.1 Å². The zero-order chi connectivity index (χ0) is 83.1. The van der Waals surface area contributed by atoms with Crippen molar-refractivity contribution in [3.05, 3.63) is 97.6 Å². The molecule has 10 aliphatic carbocycles. The lowest BCUT2D eigenvalue weighted by molar-refractivity contribution is -0.162. The Balaban J connectivity index is 0.000000123. The number of nitrogens with zero attached hydrogens (tertiary/aromatic N) is 3. The lowest BCUT2D eigenvalue weighted by Gasteiger charge is -2.48. The maximum absolute atomic E-state index is 12.4. The second-order valence-electron chi connectivity index (χ2n) is 36.7. The highest BCUT2D eigenvalue weighted by molar-refractivity contribution is 9.11. The number of aldehydes is 1. The summed E-state index contributed by atoms with van der Waals surface area (Å²) in [4.78, 5) is 96.3. The van der Waals surface area contributed by atoms with Gasteiger partial charge in [0.25, 0.3) is 0 Å². The van der Waals surface area contributed by atoms with E-state index in [0.29, 0.717) is 96.3 Å². The molecule has 0 unspecified atom stereocenters. The van der Waals surface area contributed by atoms with Gasteiger partial charge in [-0.15, -0.1) is 0 Å². The molecule has 10 saturated carbocycles. The minimum absolute atomic E-state index is 0.000417. The first kappa shape index (κ1) is 89.7. The van der Waals surface area contributed by atoms with Crippen LogP contribution in [0.1, 0.15) is 226 Å². The monoisotopic (exact) mass is 1830 g/mol. The third kappa shape index (κ3) is 20.1. The molecular weight excluding hydrogens is 1710 g/mol.